The average molecular weight is 320 g/mol. The third-order valence-electron chi connectivity index (χ3n) is 2.58. The molecule has 0 radical (unpaired) electrons. The van der Waals surface area contributed by atoms with Crippen LogP contribution in [-0.4, -0.2) is 16.7 Å². The number of halogens is 1. The number of nitrogens with one attached hydrogen (secondary N) is 1. The molecule has 6 heteroatoms. The highest BCUT2D eigenvalue weighted by Crippen LogP contribution is 2.23. The third-order valence-corrected chi connectivity index (χ3v) is 2.88. The number of anilines is 2. The molecule has 2 rings (SSSR count). The summed E-state index contributed by atoms with van der Waals surface area (Å²) in [6, 6.07) is 10.2. The molecule has 0 bridgehead atoms. The van der Waals surface area contributed by atoms with Gasteiger partial charge in [0.2, 0.25) is 0 Å². The summed E-state index contributed by atoms with van der Waals surface area (Å²) in [5, 5.41) is 2.75. The number of nitrogens with zero attached hydrogens (tertiary/aromatic N) is 1. The molecule has 0 unspecified atom stereocenters. The Morgan fingerprint density at radius 2 is 1.77 bits per heavy atom. The molecular formula is C16H18ClN3O2. The number of rotatable bonds is 3. The molecule has 5 nitrogen and oxygen atoms in total. The predicted molar refractivity (Wildman–Crippen MR) is 89.4 cm³/mol. The van der Waals surface area contributed by atoms with Gasteiger partial charge in [0.1, 0.15) is 11.5 Å². The first kappa shape index (κ1) is 17.7. The molecule has 116 valence electrons. The maximum Gasteiger partial charge on any atom is 0.259 e. The smallest absolute Gasteiger partial charge is 0.259 e. The Morgan fingerprint density at radius 3 is 2.32 bits per heavy atom. The number of hydrogen-bond donors (Lipinski definition) is 2. The number of ketones is 1. The number of carbonyl (C=O) groups excluding carboxylic acids is 2. The van der Waals surface area contributed by atoms with Crippen molar-refractivity contribution in [3.05, 3.63) is 52.7 Å². The van der Waals surface area contributed by atoms with Crippen LogP contribution in [0.5, 0.6) is 0 Å². The molecule has 1 aromatic heterocycles. The van der Waals surface area contributed by atoms with Gasteiger partial charge in [-0.25, -0.2) is 4.98 Å². The molecule has 1 heterocycles. The second-order valence-electron chi connectivity index (χ2n) is 4.13. The zero-order valence-electron chi connectivity index (χ0n) is 12.7. The lowest BCUT2D eigenvalue weighted by Gasteiger charge is -2.10. The van der Waals surface area contributed by atoms with Crippen LogP contribution in [0.4, 0.5) is 11.5 Å². The van der Waals surface area contributed by atoms with Gasteiger partial charge in [0.15, 0.2) is 5.78 Å². The van der Waals surface area contributed by atoms with Crippen molar-refractivity contribution in [3.63, 3.8) is 0 Å². The van der Waals surface area contributed by atoms with Crippen molar-refractivity contribution in [1.29, 1.82) is 0 Å². The van der Waals surface area contributed by atoms with E-state index in [1.807, 2.05) is 19.9 Å². The quantitative estimate of drug-likeness (QED) is 0.843. The van der Waals surface area contributed by atoms with Gasteiger partial charge in [0.05, 0.1) is 10.6 Å². The van der Waals surface area contributed by atoms with Gasteiger partial charge in [0.25, 0.3) is 5.91 Å². The molecule has 0 atom stereocenters. The monoisotopic (exact) mass is 319 g/mol. The van der Waals surface area contributed by atoms with E-state index in [1.165, 1.54) is 13.0 Å². The Morgan fingerprint density at radius 1 is 1.18 bits per heavy atom. The minimum Gasteiger partial charge on any atom is -0.384 e. The number of Topliss-reactive ketones (excluding diaryl/α,β-unsaturated/α-hetero) is 1. The van der Waals surface area contributed by atoms with Gasteiger partial charge in [0, 0.05) is 12.6 Å². The Labute approximate surface area is 134 Å². The first-order valence-electron chi connectivity index (χ1n) is 6.82. The molecule has 0 spiro atoms. The average Bonchev–Trinajstić information content (AvgIpc) is 2.49. The fraction of sp³-hybridized carbons (Fsp3) is 0.188. The highest BCUT2D eigenvalue weighted by Gasteiger charge is 2.21. The van der Waals surface area contributed by atoms with Crippen LogP contribution in [0.25, 0.3) is 0 Å². The van der Waals surface area contributed by atoms with E-state index < -0.39 is 5.91 Å². The summed E-state index contributed by atoms with van der Waals surface area (Å²) in [5.74, 6) is -0.784. The SMILES string of the molecule is CC.CC(=O)c1nc(N)cc(Cl)c1C(=O)Nc1ccccc1. The summed E-state index contributed by atoms with van der Waals surface area (Å²) < 4.78 is 0. The van der Waals surface area contributed by atoms with Crippen LogP contribution in [0.1, 0.15) is 41.6 Å². The molecule has 0 aliphatic heterocycles. The van der Waals surface area contributed by atoms with E-state index in [2.05, 4.69) is 10.3 Å². The topological polar surface area (TPSA) is 85.1 Å². The highest BCUT2D eigenvalue weighted by atomic mass is 35.5. The van der Waals surface area contributed by atoms with E-state index in [0.29, 0.717) is 5.69 Å². The number of hydrogen-bond acceptors (Lipinski definition) is 4. The molecule has 2 aromatic rings. The van der Waals surface area contributed by atoms with Gasteiger partial charge in [-0.15, -0.1) is 0 Å². The van der Waals surface area contributed by atoms with E-state index in [4.69, 9.17) is 17.3 Å². The first-order valence-corrected chi connectivity index (χ1v) is 7.20. The molecule has 0 aliphatic rings. The first-order chi connectivity index (χ1) is 10.5. The van der Waals surface area contributed by atoms with Crippen molar-refractivity contribution in [2.75, 3.05) is 11.1 Å². The van der Waals surface area contributed by atoms with Gasteiger partial charge in [-0.1, -0.05) is 43.6 Å². The summed E-state index contributed by atoms with van der Waals surface area (Å²) in [7, 11) is 0. The van der Waals surface area contributed by atoms with Crippen LogP contribution < -0.4 is 11.1 Å². The molecular weight excluding hydrogens is 302 g/mol. The Bertz CT molecular complexity index is 673. The van der Waals surface area contributed by atoms with Crippen molar-refractivity contribution in [3.8, 4) is 0 Å². The standard InChI is InChI=1S/C14H12ClN3O2.C2H6/c1-8(19)13-12(10(15)7-11(16)18-13)14(20)17-9-5-3-2-4-6-9;1-2/h2-7H,1H3,(H2,16,18)(H,17,20);1-2H3. The van der Waals surface area contributed by atoms with Gasteiger partial charge in [-0.2, -0.15) is 0 Å². The van der Waals surface area contributed by atoms with Crippen LogP contribution in [0.15, 0.2) is 36.4 Å². The third kappa shape index (κ3) is 4.30. The number of carbonyl (C=O) groups is 2. The Hall–Kier alpha value is -2.40. The molecule has 1 amide bonds. The van der Waals surface area contributed by atoms with Crippen LogP contribution in [0.2, 0.25) is 5.02 Å². The molecule has 1 aromatic carbocycles. The van der Waals surface area contributed by atoms with E-state index >= 15 is 0 Å². The molecule has 0 saturated heterocycles. The largest absolute Gasteiger partial charge is 0.384 e. The summed E-state index contributed by atoms with van der Waals surface area (Å²) >= 11 is 6.01. The minimum absolute atomic E-state index is 0.0252. The summed E-state index contributed by atoms with van der Waals surface area (Å²) in [5.41, 5.74) is 6.12. The molecule has 0 aliphatic carbocycles. The normalized spacial score (nSPS) is 9.45. The second kappa shape index (κ2) is 8.14. The van der Waals surface area contributed by atoms with Crippen molar-refractivity contribution >= 4 is 34.8 Å². The lowest BCUT2D eigenvalue weighted by molar-refractivity contribution is 0.0981. The fourth-order valence-corrected chi connectivity index (χ4v) is 2.01. The minimum atomic E-state index is -0.501. The molecule has 22 heavy (non-hydrogen) atoms. The number of nitrogens with two attached hydrogens (primary N) is 1. The maximum absolute atomic E-state index is 12.2. The highest BCUT2D eigenvalue weighted by molar-refractivity contribution is 6.35. The van der Waals surface area contributed by atoms with Gasteiger partial charge < -0.3 is 11.1 Å². The van der Waals surface area contributed by atoms with E-state index in [-0.39, 0.29) is 27.9 Å². The van der Waals surface area contributed by atoms with Gasteiger partial charge >= 0.3 is 0 Å². The zero-order valence-corrected chi connectivity index (χ0v) is 13.4. The van der Waals surface area contributed by atoms with E-state index in [9.17, 15) is 9.59 Å². The number of pyridine rings is 1. The van der Waals surface area contributed by atoms with Crippen LogP contribution in [0.3, 0.4) is 0 Å². The Kier molecular flexibility index (Phi) is 6.53. The fourth-order valence-electron chi connectivity index (χ4n) is 1.72. The van der Waals surface area contributed by atoms with Crippen molar-refractivity contribution < 1.29 is 9.59 Å². The van der Waals surface area contributed by atoms with Crippen LogP contribution in [-0.2, 0) is 0 Å². The van der Waals surface area contributed by atoms with Crippen LogP contribution >= 0.6 is 11.6 Å². The molecule has 0 fully saturated rings. The molecule has 3 N–H and O–H groups in total. The van der Waals surface area contributed by atoms with E-state index in [1.54, 1.807) is 24.3 Å². The lowest BCUT2D eigenvalue weighted by atomic mass is 10.1. The van der Waals surface area contributed by atoms with Crippen molar-refractivity contribution in [2.45, 2.75) is 20.8 Å². The van der Waals surface area contributed by atoms with Gasteiger partial charge in [-0.05, 0) is 18.2 Å². The zero-order chi connectivity index (χ0) is 16.7. The van der Waals surface area contributed by atoms with Crippen molar-refractivity contribution in [1.82, 2.24) is 4.98 Å². The number of amides is 1. The number of nitrogen functional groups attached to an aromatic ring is 1. The van der Waals surface area contributed by atoms with E-state index in [0.717, 1.165) is 0 Å². The predicted octanol–water partition coefficient (Wildman–Crippen LogP) is 3.80. The van der Waals surface area contributed by atoms with Gasteiger partial charge in [-0.3, -0.25) is 9.59 Å². The van der Waals surface area contributed by atoms with Crippen LogP contribution in [0, 0.1) is 0 Å². The summed E-state index contributed by atoms with van der Waals surface area (Å²) in [4.78, 5) is 27.7. The number of benzene rings is 1. The molecule has 0 saturated carbocycles. The Balaban J connectivity index is 0.00000116. The lowest BCUT2D eigenvalue weighted by Crippen LogP contribution is -2.18. The summed E-state index contributed by atoms with van der Waals surface area (Å²) in [6.45, 7) is 5.30. The summed E-state index contributed by atoms with van der Waals surface area (Å²) in [6.07, 6.45) is 0. The number of para-hydroxylation sites is 1. The maximum atomic E-state index is 12.2. The number of aromatic nitrogens is 1. The van der Waals surface area contributed by atoms with Crippen molar-refractivity contribution in [2.24, 2.45) is 0 Å². The second-order valence-corrected chi connectivity index (χ2v) is 4.54.